The molecule has 2 nitrogen and oxygen atoms in total. The first kappa shape index (κ1) is 14.2. The molecule has 0 amide bonds. The van der Waals surface area contributed by atoms with Crippen LogP contribution in [0.4, 0.5) is 0 Å². The Kier molecular flexibility index (Phi) is 5.34. The molecule has 0 spiro atoms. The third-order valence-electron chi connectivity index (χ3n) is 3.82. The molecule has 0 bridgehead atoms. The Bertz CT molecular complexity index is 378. The van der Waals surface area contributed by atoms with Crippen molar-refractivity contribution >= 4 is 23.4 Å². The minimum absolute atomic E-state index is 0.442. The van der Waals surface area contributed by atoms with E-state index in [1.807, 2.05) is 17.8 Å². The molecule has 1 heterocycles. The Morgan fingerprint density at radius 1 is 1.39 bits per heavy atom. The van der Waals surface area contributed by atoms with Crippen molar-refractivity contribution in [2.75, 3.05) is 12.8 Å². The maximum absolute atomic E-state index is 6.11. The van der Waals surface area contributed by atoms with Crippen molar-refractivity contribution in [3.63, 3.8) is 0 Å². The third-order valence-corrected chi connectivity index (χ3v) is 5.58. The molecule has 1 aliphatic carbocycles. The van der Waals surface area contributed by atoms with Gasteiger partial charge in [-0.2, -0.15) is 11.8 Å². The average molecular weight is 285 g/mol. The predicted octanol–water partition coefficient (Wildman–Crippen LogP) is 3.89. The highest BCUT2D eigenvalue weighted by atomic mass is 35.5. The van der Waals surface area contributed by atoms with Crippen LogP contribution < -0.4 is 5.32 Å². The molecule has 1 saturated carbocycles. The molecule has 1 aliphatic rings. The van der Waals surface area contributed by atoms with Gasteiger partial charge in [0, 0.05) is 30.2 Å². The normalized spacial score (nSPS) is 18.8. The molecule has 0 aliphatic heterocycles. The number of hydrogen-bond acceptors (Lipinski definition) is 3. The Balaban J connectivity index is 1.85. The summed E-state index contributed by atoms with van der Waals surface area (Å²) >= 11 is 8.13. The summed E-state index contributed by atoms with van der Waals surface area (Å²) in [5.74, 6) is 0. The van der Waals surface area contributed by atoms with E-state index >= 15 is 0 Å². The van der Waals surface area contributed by atoms with E-state index in [0.29, 0.717) is 4.75 Å². The Morgan fingerprint density at radius 3 is 2.83 bits per heavy atom. The summed E-state index contributed by atoms with van der Waals surface area (Å²) in [6.07, 6.45) is 12.6. The molecule has 0 aromatic carbocycles. The third kappa shape index (κ3) is 3.62. The van der Waals surface area contributed by atoms with Crippen LogP contribution in [0, 0.1) is 0 Å². The standard InChI is InChI=1S/C14H21ClN2S/c1-18-14(6-3-2-4-7-14)11-17-9-12-5-8-16-10-13(12)15/h5,8,10,17H,2-4,6-7,9,11H2,1H3. The van der Waals surface area contributed by atoms with Crippen LogP contribution in [0.1, 0.15) is 37.7 Å². The highest BCUT2D eigenvalue weighted by molar-refractivity contribution is 8.00. The summed E-state index contributed by atoms with van der Waals surface area (Å²) in [5.41, 5.74) is 1.14. The lowest BCUT2D eigenvalue weighted by molar-refractivity contribution is 0.379. The smallest absolute Gasteiger partial charge is 0.0634 e. The van der Waals surface area contributed by atoms with Gasteiger partial charge in [0.15, 0.2) is 0 Å². The van der Waals surface area contributed by atoms with E-state index in [9.17, 15) is 0 Å². The van der Waals surface area contributed by atoms with E-state index in [2.05, 4.69) is 16.6 Å². The molecule has 1 aromatic heterocycles. The average Bonchev–Trinajstić information content (AvgIpc) is 2.42. The highest BCUT2D eigenvalue weighted by Crippen LogP contribution is 2.38. The fourth-order valence-electron chi connectivity index (χ4n) is 2.62. The van der Waals surface area contributed by atoms with E-state index in [1.54, 1.807) is 12.4 Å². The van der Waals surface area contributed by atoms with Gasteiger partial charge < -0.3 is 5.32 Å². The lowest BCUT2D eigenvalue weighted by atomic mass is 9.88. The van der Waals surface area contributed by atoms with Gasteiger partial charge in [-0.3, -0.25) is 4.98 Å². The van der Waals surface area contributed by atoms with Crippen LogP contribution in [0.25, 0.3) is 0 Å². The van der Waals surface area contributed by atoms with Crippen LogP contribution in [0.3, 0.4) is 0 Å². The number of hydrogen-bond donors (Lipinski definition) is 1. The van der Waals surface area contributed by atoms with Gasteiger partial charge in [0.2, 0.25) is 0 Å². The number of pyridine rings is 1. The van der Waals surface area contributed by atoms with Crippen molar-refractivity contribution in [2.45, 2.75) is 43.4 Å². The van der Waals surface area contributed by atoms with E-state index in [-0.39, 0.29) is 0 Å². The first-order chi connectivity index (χ1) is 8.76. The zero-order valence-electron chi connectivity index (χ0n) is 10.9. The maximum atomic E-state index is 6.11. The van der Waals surface area contributed by atoms with Gasteiger partial charge in [-0.15, -0.1) is 0 Å². The van der Waals surface area contributed by atoms with Crippen molar-refractivity contribution in [3.8, 4) is 0 Å². The molecule has 0 saturated heterocycles. The second-order valence-corrected chi connectivity index (χ2v) is 6.70. The van der Waals surface area contributed by atoms with E-state index in [1.165, 1.54) is 32.1 Å². The lowest BCUT2D eigenvalue weighted by Gasteiger charge is -2.36. The van der Waals surface area contributed by atoms with Crippen LogP contribution in [0.5, 0.6) is 0 Å². The Labute approximate surface area is 119 Å². The molecule has 1 N–H and O–H groups in total. The van der Waals surface area contributed by atoms with Gasteiger partial charge >= 0.3 is 0 Å². The van der Waals surface area contributed by atoms with E-state index < -0.39 is 0 Å². The molecule has 0 unspecified atom stereocenters. The quantitative estimate of drug-likeness (QED) is 0.888. The summed E-state index contributed by atoms with van der Waals surface area (Å²) in [6.45, 7) is 1.91. The van der Waals surface area contributed by atoms with Crippen molar-refractivity contribution in [3.05, 3.63) is 29.0 Å². The van der Waals surface area contributed by atoms with Crippen LogP contribution in [-0.4, -0.2) is 22.5 Å². The Hall–Kier alpha value is -0.250. The maximum Gasteiger partial charge on any atom is 0.0634 e. The molecular formula is C14H21ClN2S. The fraction of sp³-hybridized carbons (Fsp3) is 0.643. The summed E-state index contributed by atoms with van der Waals surface area (Å²) < 4.78 is 0.442. The topological polar surface area (TPSA) is 24.9 Å². The molecule has 2 rings (SSSR count). The summed E-state index contributed by atoms with van der Waals surface area (Å²) in [5, 5.41) is 4.33. The zero-order valence-corrected chi connectivity index (χ0v) is 12.5. The first-order valence-electron chi connectivity index (χ1n) is 6.60. The predicted molar refractivity (Wildman–Crippen MR) is 80.3 cm³/mol. The highest BCUT2D eigenvalue weighted by Gasteiger charge is 2.30. The second-order valence-electron chi connectivity index (χ2n) is 5.02. The largest absolute Gasteiger partial charge is 0.311 e. The monoisotopic (exact) mass is 284 g/mol. The van der Waals surface area contributed by atoms with Crippen molar-refractivity contribution in [1.29, 1.82) is 0 Å². The molecular weight excluding hydrogens is 264 g/mol. The first-order valence-corrected chi connectivity index (χ1v) is 8.20. The van der Waals surface area contributed by atoms with Gasteiger partial charge in [0.25, 0.3) is 0 Å². The molecule has 0 radical (unpaired) electrons. The number of nitrogens with one attached hydrogen (secondary N) is 1. The van der Waals surface area contributed by atoms with Crippen LogP contribution in [0.2, 0.25) is 5.02 Å². The number of thioether (sulfide) groups is 1. The van der Waals surface area contributed by atoms with Crippen LogP contribution in [0.15, 0.2) is 18.5 Å². The summed E-state index contributed by atoms with van der Waals surface area (Å²) in [7, 11) is 0. The Morgan fingerprint density at radius 2 is 2.17 bits per heavy atom. The molecule has 100 valence electrons. The number of rotatable bonds is 5. The minimum atomic E-state index is 0.442. The second kappa shape index (κ2) is 6.78. The van der Waals surface area contributed by atoms with Gasteiger partial charge in [0.05, 0.1) is 5.02 Å². The molecule has 0 atom stereocenters. The molecule has 1 aromatic rings. The van der Waals surface area contributed by atoms with Crippen molar-refractivity contribution in [1.82, 2.24) is 10.3 Å². The fourth-order valence-corrected chi connectivity index (χ4v) is 3.75. The van der Waals surface area contributed by atoms with Crippen LogP contribution >= 0.6 is 23.4 Å². The minimum Gasteiger partial charge on any atom is -0.311 e. The SMILES string of the molecule is CSC1(CNCc2ccncc2Cl)CCCCC1. The number of aromatic nitrogens is 1. The number of halogens is 1. The van der Waals surface area contributed by atoms with Gasteiger partial charge in [-0.25, -0.2) is 0 Å². The van der Waals surface area contributed by atoms with E-state index in [0.717, 1.165) is 23.7 Å². The van der Waals surface area contributed by atoms with Crippen LogP contribution in [-0.2, 0) is 6.54 Å². The van der Waals surface area contributed by atoms with E-state index in [4.69, 9.17) is 11.6 Å². The van der Waals surface area contributed by atoms with Crippen molar-refractivity contribution < 1.29 is 0 Å². The zero-order chi connectivity index (χ0) is 12.8. The lowest BCUT2D eigenvalue weighted by Crippen LogP contribution is -2.39. The number of nitrogens with zero attached hydrogens (tertiary/aromatic N) is 1. The van der Waals surface area contributed by atoms with Crippen molar-refractivity contribution in [2.24, 2.45) is 0 Å². The molecule has 18 heavy (non-hydrogen) atoms. The molecule has 4 heteroatoms. The summed E-state index contributed by atoms with van der Waals surface area (Å²) in [4.78, 5) is 4.01. The summed E-state index contributed by atoms with van der Waals surface area (Å²) in [6, 6.07) is 1.99. The van der Waals surface area contributed by atoms with Gasteiger partial charge in [-0.1, -0.05) is 30.9 Å². The van der Waals surface area contributed by atoms with Gasteiger partial charge in [0.1, 0.15) is 0 Å². The molecule has 1 fully saturated rings. The van der Waals surface area contributed by atoms with Gasteiger partial charge in [-0.05, 0) is 30.7 Å².